The van der Waals surface area contributed by atoms with E-state index in [1.807, 2.05) is 30.3 Å². The van der Waals surface area contributed by atoms with E-state index < -0.39 is 0 Å². The Hall–Kier alpha value is -1.81. The first-order chi connectivity index (χ1) is 10.5. The molecule has 2 aromatic carbocycles. The highest BCUT2D eigenvalue weighted by molar-refractivity contribution is 8.00. The Balaban J connectivity index is 2.06. The first kappa shape index (κ1) is 16.6. The summed E-state index contributed by atoms with van der Waals surface area (Å²) in [6.45, 7) is 2.08. The maximum atomic E-state index is 13.8. The molecular formula is C18H20FNOS. The van der Waals surface area contributed by atoms with Crippen LogP contribution < -0.4 is 0 Å². The number of carbonyl (C=O) groups is 1. The molecule has 22 heavy (non-hydrogen) atoms. The van der Waals surface area contributed by atoms with Gasteiger partial charge in [0.1, 0.15) is 5.82 Å². The lowest BCUT2D eigenvalue weighted by molar-refractivity contribution is -0.125. The van der Waals surface area contributed by atoms with Crippen LogP contribution in [0, 0.1) is 5.82 Å². The van der Waals surface area contributed by atoms with E-state index in [2.05, 4.69) is 6.92 Å². The van der Waals surface area contributed by atoms with Crippen molar-refractivity contribution in [2.45, 2.75) is 12.2 Å². The number of hydrogen-bond acceptors (Lipinski definition) is 2. The number of carbonyl (C=O) groups excluding carboxylic acids is 1. The largest absolute Gasteiger partial charge is 0.348 e. The fraction of sp³-hybridized carbons (Fsp3) is 0.278. The number of benzene rings is 2. The number of halogens is 1. The Morgan fingerprint density at radius 3 is 2.36 bits per heavy atom. The van der Waals surface area contributed by atoms with Gasteiger partial charge in [-0.05, 0) is 24.1 Å². The van der Waals surface area contributed by atoms with Crippen LogP contribution in [0.1, 0.15) is 17.7 Å². The van der Waals surface area contributed by atoms with Crippen LogP contribution in [0.5, 0.6) is 0 Å². The van der Waals surface area contributed by atoms with Crippen molar-refractivity contribution >= 4 is 17.7 Å². The fourth-order valence-corrected chi connectivity index (χ4v) is 3.05. The Bertz CT molecular complexity index is 640. The van der Waals surface area contributed by atoms with Gasteiger partial charge in [-0.15, -0.1) is 11.8 Å². The first-order valence-corrected chi connectivity index (χ1v) is 8.20. The van der Waals surface area contributed by atoms with Crippen molar-refractivity contribution in [2.24, 2.45) is 0 Å². The van der Waals surface area contributed by atoms with Crippen molar-refractivity contribution in [1.82, 2.24) is 4.90 Å². The zero-order valence-corrected chi connectivity index (χ0v) is 13.9. The van der Waals surface area contributed by atoms with Crippen LogP contribution in [-0.2, 0) is 4.79 Å². The third kappa shape index (κ3) is 4.10. The smallest absolute Gasteiger partial charge is 0.232 e. The highest BCUT2D eigenvalue weighted by Crippen LogP contribution is 2.30. The molecule has 2 rings (SSSR count). The SMILES string of the molecule is CC(SCC(=O)N(C)C)c1ccc(-c2ccccc2F)cc1. The number of thioether (sulfide) groups is 1. The number of amides is 1. The third-order valence-electron chi connectivity index (χ3n) is 3.52. The van der Waals surface area contributed by atoms with Crippen molar-refractivity contribution < 1.29 is 9.18 Å². The number of rotatable bonds is 5. The molecule has 1 amide bonds. The highest BCUT2D eigenvalue weighted by Gasteiger charge is 2.11. The number of nitrogens with zero attached hydrogens (tertiary/aromatic N) is 1. The van der Waals surface area contributed by atoms with E-state index in [0.717, 1.165) is 11.1 Å². The van der Waals surface area contributed by atoms with Gasteiger partial charge >= 0.3 is 0 Å². The molecule has 0 fully saturated rings. The lowest BCUT2D eigenvalue weighted by Crippen LogP contribution is -2.23. The second kappa shape index (κ2) is 7.45. The van der Waals surface area contributed by atoms with Gasteiger partial charge in [0.05, 0.1) is 5.75 Å². The highest BCUT2D eigenvalue weighted by atomic mass is 32.2. The van der Waals surface area contributed by atoms with Gasteiger partial charge < -0.3 is 4.90 Å². The normalized spacial score (nSPS) is 12.0. The molecule has 0 aromatic heterocycles. The molecule has 0 heterocycles. The minimum atomic E-state index is -0.214. The summed E-state index contributed by atoms with van der Waals surface area (Å²) in [6.07, 6.45) is 0. The molecule has 116 valence electrons. The van der Waals surface area contributed by atoms with Gasteiger partial charge in [0, 0.05) is 24.9 Å². The van der Waals surface area contributed by atoms with Crippen LogP contribution in [0.15, 0.2) is 48.5 Å². The van der Waals surface area contributed by atoms with Crippen LogP contribution in [0.2, 0.25) is 0 Å². The summed E-state index contributed by atoms with van der Waals surface area (Å²) in [5.74, 6) is 0.359. The predicted molar refractivity (Wildman–Crippen MR) is 91.4 cm³/mol. The summed E-state index contributed by atoms with van der Waals surface area (Å²) < 4.78 is 13.8. The average Bonchev–Trinajstić information content (AvgIpc) is 2.52. The third-order valence-corrected chi connectivity index (χ3v) is 4.71. The Labute approximate surface area is 135 Å². The van der Waals surface area contributed by atoms with Gasteiger partial charge in [-0.2, -0.15) is 0 Å². The summed E-state index contributed by atoms with van der Waals surface area (Å²) in [5, 5.41) is 0.221. The van der Waals surface area contributed by atoms with Crippen LogP contribution >= 0.6 is 11.8 Å². The molecule has 0 N–H and O–H groups in total. The van der Waals surface area contributed by atoms with Gasteiger partial charge in [-0.3, -0.25) is 4.79 Å². The first-order valence-electron chi connectivity index (χ1n) is 7.15. The quantitative estimate of drug-likeness (QED) is 0.816. The molecular weight excluding hydrogens is 297 g/mol. The summed E-state index contributed by atoms with van der Waals surface area (Å²) in [4.78, 5) is 13.2. The summed E-state index contributed by atoms with van der Waals surface area (Å²) >= 11 is 1.61. The second-order valence-corrected chi connectivity index (χ2v) is 6.67. The van der Waals surface area contributed by atoms with Crippen molar-refractivity contribution in [3.63, 3.8) is 0 Å². The number of hydrogen-bond donors (Lipinski definition) is 0. The summed E-state index contributed by atoms with van der Waals surface area (Å²) in [5.41, 5.74) is 2.61. The zero-order chi connectivity index (χ0) is 16.1. The molecule has 0 radical (unpaired) electrons. The van der Waals surface area contributed by atoms with Crippen LogP contribution in [0.25, 0.3) is 11.1 Å². The van der Waals surface area contributed by atoms with Gasteiger partial charge in [0.2, 0.25) is 5.91 Å². The molecule has 2 aromatic rings. The molecule has 0 aliphatic heterocycles. The van der Waals surface area contributed by atoms with Crippen LogP contribution in [0.4, 0.5) is 4.39 Å². The molecule has 0 aliphatic carbocycles. The van der Waals surface area contributed by atoms with Gasteiger partial charge in [0.15, 0.2) is 0 Å². The van der Waals surface area contributed by atoms with E-state index in [4.69, 9.17) is 0 Å². The van der Waals surface area contributed by atoms with E-state index in [0.29, 0.717) is 11.3 Å². The Morgan fingerprint density at radius 1 is 1.14 bits per heavy atom. The molecule has 0 saturated heterocycles. The summed E-state index contributed by atoms with van der Waals surface area (Å²) in [7, 11) is 3.52. The van der Waals surface area contributed by atoms with Crippen LogP contribution in [-0.4, -0.2) is 30.7 Å². The van der Waals surface area contributed by atoms with Gasteiger partial charge in [0.25, 0.3) is 0 Å². The zero-order valence-electron chi connectivity index (χ0n) is 13.0. The van der Waals surface area contributed by atoms with E-state index in [9.17, 15) is 9.18 Å². The van der Waals surface area contributed by atoms with E-state index in [1.165, 1.54) is 6.07 Å². The van der Waals surface area contributed by atoms with Crippen LogP contribution in [0.3, 0.4) is 0 Å². The molecule has 2 nitrogen and oxygen atoms in total. The standard InChI is InChI=1S/C18H20FNOS/c1-13(22-12-18(21)20(2)3)14-8-10-15(11-9-14)16-6-4-5-7-17(16)19/h4-11,13H,12H2,1-3H3. The maximum Gasteiger partial charge on any atom is 0.232 e. The lowest BCUT2D eigenvalue weighted by atomic mass is 10.0. The molecule has 0 saturated carbocycles. The van der Waals surface area contributed by atoms with E-state index in [-0.39, 0.29) is 17.0 Å². The molecule has 0 spiro atoms. The van der Waals surface area contributed by atoms with E-state index >= 15 is 0 Å². The fourth-order valence-electron chi connectivity index (χ4n) is 2.05. The molecule has 4 heteroatoms. The molecule has 1 atom stereocenters. The minimum absolute atomic E-state index is 0.111. The average molecular weight is 317 g/mol. The maximum absolute atomic E-state index is 13.8. The van der Waals surface area contributed by atoms with Crippen molar-refractivity contribution in [3.8, 4) is 11.1 Å². The Morgan fingerprint density at radius 2 is 1.77 bits per heavy atom. The summed E-state index contributed by atoms with van der Waals surface area (Å²) in [6, 6.07) is 14.6. The Kier molecular flexibility index (Phi) is 5.61. The lowest BCUT2D eigenvalue weighted by Gasteiger charge is -2.14. The molecule has 0 bridgehead atoms. The monoisotopic (exact) mass is 317 g/mol. The molecule has 0 aliphatic rings. The van der Waals surface area contributed by atoms with E-state index in [1.54, 1.807) is 42.9 Å². The van der Waals surface area contributed by atoms with Crippen molar-refractivity contribution in [1.29, 1.82) is 0 Å². The van der Waals surface area contributed by atoms with Gasteiger partial charge in [-0.25, -0.2) is 4.39 Å². The predicted octanol–water partition coefficient (Wildman–Crippen LogP) is 4.38. The minimum Gasteiger partial charge on any atom is -0.348 e. The topological polar surface area (TPSA) is 20.3 Å². The van der Waals surface area contributed by atoms with Gasteiger partial charge in [-0.1, -0.05) is 42.5 Å². The molecule has 1 unspecified atom stereocenters. The van der Waals surface area contributed by atoms with Crippen molar-refractivity contribution in [3.05, 3.63) is 59.9 Å². The second-order valence-electron chi connectivity index (χ2n) is 5.34. The van der Waals surface area contributed by atoms with Crippen molar-refractivity contribution in [2.75, 3.05) is 19.8 Å².